The molecule has 0 spiro atoms. The smallest absolute Gasteiger partial charge is 0.268 e. The second kappa shape index (κ2) is 8.24. The van der Waals surface area contributed by atoms with Crippen LogP contribution in [0.15, 0.2) is 69.4 Å². The third-order valence-corrected chi connectivity index (χ3v) is 7.49. The summed E-state index contributed by atoms with van der Waals surface area (Å²) in [6.07, 6.45) is 2.95. The van der Waals surface area contributed by atoms with Crippen LogP contribution in [-0.4, -0.2) is 35.3 Å². The number of nitrogens with one attached hydrogen (secondary N) is 2. The van der Waals surface area contributed by atoms with Gasteiger partial charge in [0.2, 0.25) is 0 Å². The lowest BCUT2D eigenvalue weighted by Crippen LogP contribution is -2.25. The minimum Gasteiger partial charge on any atom is -0.347 e. The fraction of sp³-hybridized carbons (Fsp3) is 0.182. The standard InChI is InChI=1S/C22H22N4O3S2/c1-14-20(30-17-8-9-18-16(10-17)13-24-25-18)11-19(26(14)2)22(27)23-12-15-6-4-5-7-21(15)31(3,28)29/h4-11,13H,12H2,1-3H3,(H,23,27)(H,24,25). The Morgan fingerprint density at radius 2 is 1.97 bits per heavy atom. The van der Waals surface area contributed by atoms with Crippen LogP contribution in [0.3, 0.4) is 0 Å². The number of carbonyl (C=O) groups excluding carboxylic acids is 1. The molecule has 0 atom stereocenters. The average Bonchev–Trinajstić information content (AvgIpc) is 3.31. The predicted octanol–water partition coefficient (Wildman–Crippen LogP) is 3.69. The minimum absolute atomic E-state index is 0.131. The Bertz CT molecular complexity index is 1390. The van der Waals surface area contributed by atoms with Gasteiger partial charge in [0, 0.05) is 40.7 Å². The first-order valence-electron chi connectivity index (χ1n) is 9.57. The van der Waals surface area contributed by atoms with Gasteiger partial charge < -0.3 is 9.88 Å². The summed E-state index contributed by atoms with van der Waals surface area (Å²) in [6.45, 7) is 2.10. The Morgan fingerprint density at radius 3 is 2.74 bits per heavy atom. The van der Waals surface area contributed by atoms with Gasteiger partial charge in [0.1, 0.15) is 5.69 Å². The first-order chi connectivity index (χ1) is 14.7. The average molecular weight is 455 g/mol. The van der Waals surface area contributed by atoms with Crippen molar-refractivity contribution in [3.8, 4) is 0 Å². The van der Waals surface area contributed by atoms with E-state index in [1.165, 1.54) is 6.26 Å². The first kappa shape index (κ1) is 21.2. The van der Waals surface area contributed by atoms with Gasteiger partial charge in [-0.05, 0) is 42.8 Å². The van der Waals surface area contributed by atoms with Crippen molar-refractivity contribution in [1.82, 2.24) is 20.1 Å². The summed E-state index contributed by atoms with van der Waals surface area (Å²) in [5.74, 6) is -0.258. The van der Waals surface area contributed by atoms with Gasteiger partial charge in [0.05, 0.1) is 16.6 Å². The Morgan fingerprint density at radius 1 is 1.19 bits per heavy atom. The van der Waals surface area contributed by atoms with E-state index in [-0.39, 0.29) is 17.3 Å². The number of benzene rings is 2. The summed E-state index contributed by atoms with van der Waals surface area (Å²) < 4.78 is 25.8. The number of aromatic amines is 1. The monoisotopic (exact) mass is 454 g/mol. The van der Waals surface area contributed by atoms with Crippen LogP contribution in [0, 0.1) is 6.92 Å². The Hall–Kier alpha value is -3.04. The SMILES string of the molecule is Cc1c(Sc2ccc3[nH]ncc3c2)cc(C(=O)NCc2ccccc2S(C)(=O)=O)n1C. The van der Waals surface area contributed by atoms with Crippen LogP contribution in [0.2, 0.25) is 0 Å². The largest absolute Gasteiger partial charge is 0.347 e. The van der Waals surface area contributed by atoms with Crippen LogP contribution in [0.4, 0.5) is 0 Å². The number of amides is 1. The van der Waals surface area contributed by atoms with E-state index in [1.807, 2.05) is 36.7 Å². The minimum atomic E-state index is -3.37. The van der Waals surface area contributed by atoms with Crippen molar-refractivity contribution in [3.63, 3.8) is 0 Å². The summed E-state index contributed by atoms with van der Waals surface area (Å²) in [4.78, 5) is 15.1. The lowest BCUT2D eigenvalue weighted by molar-refractivity contribution is 0.0942. The van der Waals surface area contributed by atoms with Crippen LogP contribution in [0.5, 0.6) is 0 Å². The normalized spacial score (nSPS) is 11.7. The van der Waals surface area contributed by atoms with E-state index in [1.54, 1.807) is 42.2 Å². The van der Waals surface area contributed by atoms with E-state index in [9.17, 15) is 13.2 Å². The van der Waals surface area contributed by atoms with Crippen molar-refractivity contribution >= 4 is 38.4 Å². The molecule has 0 fully saturated rings. The topological polar surface area (TPSA) is 96.8 Å². The maximum atomic E-state index is 12.9. The fourth-order valence-corrected chi connectivity index (χ4v) is 5.35. The summed E-state index contributed by atoms with van der Waals surface area (Å²) in [6, 6.07) is 14.6. The van der Waals surface area contributed by atoms with Crippen LogP contribution in [0.1, 0.15) is 21.7 Å². The molecule has 0 saturated carbocycles. The van der Waals surface area contributed by atoms with Crippen molar-refractivity contribution in [2.24, 2.45) is 7.05 Å². The van der Waals surface area contributed by atoms with E-state index < -0.39 is 9.84 Å². The van der Waals surface area contributed by atoms with Gasteiger partial charge in [-0.1, -0.05) is 30.0 Å². The summed E-state index contributed by atoms with van der Waals surface area (Å²) >= 11 is 1.58. The van der Waals surface area contributed by atoms with Crippen molar-refractivity contribution in [2.75, 3.05) is 6.26 Å². The number of sulfone groups is 1. The molecule has 2 heterocycles. The van der Waals surface area contributed by atoms with E-state index in [0.717, 1.165) is 26.4 Å². The van der Waals surface area contributed by atoms with Gasteiger partial charge in [-0.15, -0.1) is 0 Å². The Labute approximate surface area is 184 Å². The molecule has 160 valence electrons. The highest BCUT2D eigenvalue weighted by molar-refractivity contribution is 7.99. The second-order valence-electron chi connectivity index (χ2n) is 7.32. The molecule has 7 nitrogen and oxygen atoms in total. The molecule has 0 unspecified atom stereocenters. The van der Waals surface area contributed by atoms with Gasteiger partial charge in [-0.2, -0.15) is 5.10 Å². The molecule has 31 heavy (non-hydrogen) atoms. The van der Waals surface area contributed by atoms with Crippen molar-refractivity contribution in [2.45, 2.75) is 28.2 Å². The molecular weight excluding hydrogens is 432 g/mol. The Balaban J connectivity index is 1.53. The zero-order valence-corrected chi connectivity index (χ0v) is 19.0. The highest BCUT2D eigenvalue weighted by atomic mass is 32.2. The number of rotatable bonds is 6. The molecule has 0 radical (unpaired) electrons. The zero-order valence-electron chi connectivity index (χ0n) is 17.3. The number of hydrogen-bond acceptors (Lipinski definition) is 5. The number of fused-ring (bicyclic) bond motifs is 1. The molecule has 1 amide bonds. The molecular formula is C22H22N4O3S2. The van der Waals surface area contributed by atoms with Gasteiger partial charge in [0.25, 0.3) is 5.91 Å². The summed E-state index contributed by atoms with van der Waals surface area (Å²) in [7, 11) is -1.52. The molecule has 2 aromatic heterocycles. The highest BCUT2D eigenvalue weighted by Crippen LogP contribution is 2.33. The van der Waals surface area contributed by atoms with Crippen LogP contribution >= 0.6 is 11.8 Å². The number of hydrogen-bond donors (Lipinski definition) is 2. The van der Waals surface area contributed by atoms with Crippen molar-refractivity contribution in [1.29, 1.82) is 0 Å². The van der Waals surface area contributed by atoms with Crippen molar-refractivity contribution in [3.05, 3.63) is 71.7 Å². The zero-order chi connectivity index (χ0) is 22.2. The van der Waals surface area contributed by atoms with Crippen LogP contribution in [0.25, 0.3) is 10.9 Å². The molecule has 2 aromatic carbocycles. The number of nitrogens with zero attached hydrogens (tertiary/aromatic N) is 2. The Kier molecular flexibility index (Phi) is 5.63. The van der Waals surface area contributed by atoms with Crippen LogP contribution < -0.4 is 5.32 Å². The van der Waals surface area contributed by atoms with E-state index in [0.29, 0.717) is 11.3 Å². The fourth-order valence-electron chi connectivity index (χ4n) is 3.38. The molecule has 0 aliphatic heterocycles. The number of aromatic nitrogens is 3. The molecule has 2 N–H and O–H groups in total. The molecule has 4 aromatic rings. The number of H-pyrrole nitrogens is 1. The molecule has 0 bridgehead atoms. The maximum absolute atomic E-state index is 12.9. The number of carbonyl (C=O) groups is 1. The highest BCUT2D eigenvalue weighted by Gasteiger charge is 2.18. The van der Waals surface area contributed by atoms with Gasteiger partial charge in [0.15, 0.2) is 9.84 Å². The third-order valence-electron chi connectivity index (χ3n) is 5.17. The lowest BCUT2D eigenvalue weighted by atomic mass is 10.2. The van der Waals surface area contributed by atoms with Gasteiger partial charge in [-0.25, -0.2) is 8.42 Å². The predicted molar refractivity (Wildman–Crippen MR) is 121 cm³/mol. The quantitative estimate of drug-likeness (QED) is 0.463. The van der Waals surface area contributed by atoms with E-state index >= 15 is 0 Å². The van der Waals surface area contributed by atoms with Gasteiger partial charge >= 0.3 is 0 Å². The summed E-state index contributed by atoms with van der Waals surface area (Å²) in [5.41, 5.74) is 3.02. The van der Waals surface area contributed by atoms with Crippen LogP contribution in [-0.2, 0) is 23.4 Å². The third kappa shape index (κ3) is 4.38. The van der Waals surface area contributed by atoms with E-state index in [2.05, 4.69) is 21.6 Å². The molecule has 9 heteroatoms. The van der Waals surface area contributed by atoms with Gasteiger partial charge in [-0.3, -0.25) is 9.89 Å². The lowest BCUT2D eigenvalue weighted by Gasteiger charge is -2.10. The molecule has 4 rings (SSSR count). The molecule has 0 aliphatic rings. The second-order valence-corrected chi connectivity index (χ2v) is 10.4. The molecule has 0 saturated heterocycles. The molecule has 0 aliphatic carbocycles. The first-order valence-corrected chi connectivity index (χ1v) is 12.3. The van der Waals surface area contributed by atoms with E-state index in [4.69, 9.17) is 0 Å². The van der Waals surface area contributed by atoms with Crippen molar-refractivity contribution < 1.29 is 13.2 Å². The maximum Gasteiger partial charge on any atom is 0.268 e. The summed E-state index contributed by atoms with van der Waals surface area (Å²) in [5, 5.41) is 10.9.